The van der Waals surface area contributed by atoms with Crippen molar-refractivity contribution < 1.29 is 24.1 Å². The Hall–Kier alpha value is -4.54. The second kappa shape index (κ2) is 16.0. The number of fused-ring (bicyclic) bond motifs is 4. The molecule has 4 aliphatic rings. The Morgan fingerprint density at radius 2 is 1.96 bits per heavy atom. The van der Waals surface area contributed by atoms with Crippen LogP contribution in [-0.4, -0.2) is 64.0 Å². The van der Waals surface area contributed by atoms with Gasteiger partial charge in [0.1, 0.15) is 24.0 Å². The van der Waals surface area contributed by atoms with Crippen LogP contribution in [0.4, 0.5) is 5.69 Å². The van der Waals surface area contributed by atoms with Crippen molar-refractivity contribution in [2.75, 3.05) is 32.1 Å². The normalized spacial score (nSPS) is 25.5. The fourth-order valence-corrected chi connectivity index (χ4v) is 10.5. The first kappa shape index (κ1) is 39.3. The number of aryl methyl sites for hydroxylation is 2. The van der Waals surface area contributed by atoms with Crippen LogP contribution < -0.4 is 25.1 Å². The molecule has 8 rings (SSSR count). The first-order valence-electron chi connectivity index (χ1n) is 20.6. The highest BCUT2D eigenvalue weighted by atomic mass is 35.5. The fraction of sp³-hybridized carbons (Fsp3) is 0.500. The topological polar surface area (TPSA) is 115 Å². The van der Waals surface area contributed by atoms with E-state index >= 15 is 0 Å². The lowest BCUT2D eigenvalue weighted by molar-refractivity contribution is -0.144. The van der Waals surface area contributed by atoms with Crippen molar-refractivity contribution in [1.29, 1.82) is 0 Å². The van der Waals surface area contributed by atoms with Gasteiger partial charge in [-0.15, -0.1) is 0 Å². The Kier molecular flexibility index (Phi) is 11.0. The van der Waals surface area contributed by atoms with Gasteiger partial charge in [-0.1, -0.05) is 37.6 Å². The smallest absolute Gasteiger partial charge is 0.329 e. The number of hydrogen-bond donors (Lipinski definition) is 2. The lowest BCUT2D eigenvalue weighted by Crippen LogP contribution is -2.53. The molecule has 1 fully saturated rings. The van der Waals surface area contributed by atoms with Crippen LogP contribution in [0.3, 0.4) is 0 Å². The van der Waals surface area contributed by atoms with E-state index in [1.807, 2.05) is 36.7 Å². The number of carboxylic acids is 1. The summed E-state index contributed by atoms with van der Waals surface area (Å²) in [5, 5.41) is 14.7. The molecule has 57 heavy (non-hydrogen) atoms. The number of rotatable bonds is 12. The number of anilines is 1. The third-order valence-electron chi connectivity index (χ3n) is 13.2. The van der Waals surface area contributed by atoms with E-state index in [0.717, 1.165) is 67.0 Å². The van der Waals surface area contributed by atoms with Crippen LogP contribution >= 0.6 is 11.6 Å². The van der Waals surface area contributed by atoms with Gasteiger partial charge in [-0.05, 0) is 141 Å². The molecule has 10 nitrogen and oxygen atoms in total. The third kappa shape index (κ3) is 8.00. The van der Waals surface area contributed by atoms with E-state index in [4.69, 9.17) is 25.8 Å². The molecule has 1 spiro atoms. The lowest BCUT2D eigenvalue weighted by Gasteiger charge is -2.47. The molecule has 0 saturated heterocycles. The van der Waals surface area contributed by atoms with Crippen LogP contribution in [0.1, 0.15) is 92.7 Å². The van der Waals surface area contributed by atoms with Gasteiger partial charge in [-0.25, -0.2) is 4.79 Å². The number of aromatic nitrogens is 2. The summed E-state index contributed by atoms with van der Waals surface area (Å²) in [6, 6.07) is 17.2. The molecule has 4 aromatic rings. The highest BCUT2D eigenvalue weighted by molar-refractivity contribution is 6.30. The molecule has 3 heterocycles. The van der Waals surface area contributed by atoms with Gasteiger partial charge >= 0.3 is 5.97 Å². The van der Waals surface area contributed by atoms with Gasteiger partial charge in [0.05, 0.1) is 6.61 Å². The van der Waals surface area contributed by atoms with Crippen molar-refractivity contribution in [1.82, 2.24) is 14.5 Å². The van der Waals surface area contributed by atoms with Crippen LogP contribution in [0, 0.1) is 11.8 Å². The Morgan fingerprint density at radius 3 is 2.74 bits per heavy atom. The van der Waals surface area contributed by atoms with E-state index in [0.29, 0.717) is 56.0 Å². The predicted molar refractivity (Wildman–Crippen MR) is 222 cm³/mol. The molecule has 0 amide bonds. The number of nitrogens with one attached hydrogen (secondary N) is 1. The van der Waals surface area contributed by atoms with Gasteiger partial charge < -0.3 is 29.2 Å². The molecular formula is C46H55ClN4O6. The molecule has 2 aromatic carbocycles. The summed E-state index contributed by atoms with van der Waals surface area (Å²) in [7, 11) is 3.82. The first-order valence-corrected chi connectivity index (χ1v) is 21.0. The van der Waals surface area contributed by atoms with Crippen molar-refractivity contribution >= 4 is 23.3 Å². The molecule has 302 valence electrons. The van der Waals surface area contributed by atoms with Gasteiger partial charge in [0.25, 0.3) is 0 Å². The zero-order valence-electron chi connectivity index (χ0n) is 33.6. The van der Waals surface area contributed by atoms with E-state index < -0.39 is 11.5 Å². The summed E-state index contributed by atoms with van der Waals surface area (Å²) < 4.78 is 21.3. The average Bonchev–Trinajstić information content (AvgIpc) is 3.45. The monoisotopic (exact) mass is 794 g/mol. The Labute approximate surface area is 340 Å². The summed E-state index contributed by atoms with van der Waals surface area (Å²) in [6.45, 7) is 6.95. The van der Waals surface area contributed by atoms with Crippen molar-refractivity contribution in [2.45, 2.75) is 101 Å². The van der Waals surface area contributed by atoms with Crippen molar-refractivity contribution in [3.63, 3.8) is 0 Å². The van der Waals surface area contributed by atoms with Crippen molar-refractivity contribution in [2.24, 2.45) is 18.9 Å². The first-order chi connectivity index (χ1) is 27.4. The molecular weight excluding hydrogens is 740 g/mol. The second-order valence-electron chi connectivity index (χ2n) is 17.4. The van der Waals surface area contributed by atoms with Crippen LogP contribution in [0.2, 0.25) is 5.02 Å². The summed E-state index contributed by atoms with van der Waals surface area (Å²) >= 11 is 6.32. The number of halogens is 1. The maximum atomic E-state index is 13.1. The SMILES string of the molecule is C[C@@H](COc1ccnc2c1[C@H](C)CCC2)CC1Cc2cc3c(cc2C12CCC(Nc1cccc(Cl)c1)(C(=O)O)CC2)OC(CN(C)Cc1ccc(=O)n(C)c1)CO3. The lowest BCUT2D eigenvalue weighted by atomic mass is 9.59. The minimum Gasteiger partial charge on any atom is -0.493 e. The van der Waals surface area contributed by atoms with E-state index in [1.165, 1.54) is 28.8 Å². The number of carbonyl (C=O) groups is 1. The van der Waals surface area contributed by atoms with Crippen LogP contribution in [0.25, 0.3) is 0 Å². The van der Waals surface area contributed by atoms with Gasteiger partial charge in [-0.3, -0.25) is 14.7 Å². The molecule has 3 aliphatic carbocycles. The maximum absolute atomic E-state index is 13.1. The van der Waals surface area contributed by atoms with Gasteiger partial charge in [0, 0.05) is 60.6 Å². The van der Waals surface area contributed by atoms with Crippen LogP contribution in [0.15, 0.2) is 71.8 Å². The summed E-state index contributed by atoms with van der Waals surface area (Å²) in [6.07, 6.45) is 11.1. The minimum atomic E-state index is -1.11. The quantitative estimate of drug-likeness (QED) is 0.147. The van der Waals surface area contributed by atoms with Crippen molar-refractivity contribution in [3.05, 3.63) is 110 Å². The summed E-state index contributed by atoms with van der Waals surface area (Å²) in [5.74, 6) is 2.66. The predicted octanol–water partition coefficient (Wildman–Crippen LogP) is 8.17. The van der Waals surface area contributed by atoms with Gasteiger partial charge in [-0.2, -0.15) is 0 Å². The second-order valence-corrected chi connectivity index (χ2v) is 17.8. The van der Waals surface area contributed by atoms with Gasteiger partial charge in [0.15, 0.2) is 11.5 Å². The Morgan fingerprint density at radius 1 is 1.14 bits per heavy atom. The van der Waals surface area contributed by atoms with Gasteiger partial charge in [0.2, 0.25) is 5.56 Å². The molecule has 2 unspecified atom stereocenters. The van der Waals surface area contributed by atoms with E-state index in [2.05, 4.69) is 48.2 Å². The third-order valence-corrected chi connectivity index (χ3v) is 13.4. The van der Waals surface area contributed by atoms with Crippen LogP contribution in [-0.2, 0) is 36.6 Å². The molecule has 2 aromatic heterocycles. The zero-order chi connectivity index (χ0) is 39.9. The van der Waals surface area contributed by atoms with Crippen LogP contribution in [0.5, 0.6) is 17.2 Å². The largest absolute Gasteiger partial charge is 0.493 e. The molecule has 2 N–H and O–H groups in total. The number of pyridine rings is 2. The number of likely N-dealkylation sites (N-methyl/N-ethyl adjacent to an activating group) is 1. The molecule has 1 aliphatic heterocycles. The number of nitrogens with zero attached hydrogens (tertiary/aromatic N) is 3. The fourth-order valence-electron chi connectivity index (χ4n) is 10.3. The standard InChI is InChI=1S/C46H55ClN4O6/c1-29(27-55-39-13-18-48-38-10-5-7-30(2)43(38)39)19-33-20-32-21-40-41(57-36(28-56-40)26-50(3)24-31-11-12-42(52)51(4)25-31)23-37(32)45(33)14-16-46(17-15-45,44(53)54)49-35-9-6-8-34(47)22-35/h6,8-9,11-13,18,21-23,25,29-30,33,36,49H,5,7,10,14-17,19-20,24,26-28H2,1-4H3,(H,53,54)/t29-,30-,33?,36?,45?,46?/m1/s1. The summed E-state index contributed by atoms with van der Waals surface area (Å²) in [5.41, 5.74) is 5.38. The number of hydrogen-bond acceptors (Lipinski definition) is 8. The highest BCUT2D eigenvalue weighted by Crippen LogP contribution is 2.58. The summed E-state index contributed by atoms with van der Waals surface area (Å²) in [4.78, 5) is 31.9. The van der Waals surface area contributed by atoms with E-state index in [1.54, 1.807) is 29.8 Å². The Bertz CT molecular complexity index is 2180. The number of ether oxygens (including phenoxy) is 3. The average molecular weight is 795 g/mol. The van der Waals surface area contributed by atoms with E-state index in [9.17, 15) is 14.7 Å². The van der Waals surface area contributed by atoms with E-state index in [-0.39, 0.29) is 23.0 Å². The molecule has 1 saturated carbocycles. The minimum absolute atomic E-state index is 0.0285. The highest BCUT2D eigenvalue weighted by Gasteiger charge is 2.54. The number of aliphatic carboxylic acids is 1. The molecule has 0 radical (unpaired) electrons. The zero-order valence-corrected chi connectivity index (χ0v) is 34.3. The van der Waals surface area contributed by atoms with Crippen molar-refractivity contribution in [3.8, 4) is 17.2 Å². The Balaban J connectivity index is 1.03. The number of benzene rings is 2. The molecule has 4 atom stereocenters. The molecule has 11 heteroatoms. The molecule has 0 bridgehead atoms. The maximum Gasteiger partial charge on any atom is 0.329 e. The number of carboxylic acid groups (broad SMARTS) is 1.